The molecule has 0 aliphatic carbocycles. The number of benzene rings is 3. The van der Waals surface area contributed by atoms with E-state index in [1.807, 2.05) is 60.7 Å². The molecule has 0 saturated heterocycles. The van der Waals surface area contributed by atoms with Crippen LogP contribution in [-0.2, 0) is 4.79 Å². The second-order valence-electron chi connectivity index (χ2n) is 5.98. The largest absolute Gasteiger partial charge is 0.325 e. The summed E-state index contributed by atoms with van der Waals surface area (Å²) < 4.78 is 0. The fourth-order valence-electron chi connectivity index (χ4n) is 2.84. The molecule has 0 aliphatic rings. The lowest BCUT2D eigenvalue weighted by Gasteiger charge is -2.14. The number of carbonyl (C=O) groups excluding carboxylic acids is 1. The highest BCUT2D eigenvalue weighted by Crippen LogP contribution is 2.28. The van der Waals surface area contributed by atoms with Crippen molar-refractivity contribution in [2.45, 2.75) is 19.3 Å². The van der Waals surface area contributed by atoms with Gasteiger partial charge < -0.3 is 5.32 Å². The average Bonchev–Trinajstić information content (AvgIpc) is 2.63. The van der Waals surface area contributed by atoms with Gasteiger partial charge in [-0.25, -0.2) is 0 Å². The topological polar surface area (TPSA) is 29.1 Å². The van der Waals surface area contributed by atoms with E-state index >= 15 is 0 Å². The Morgan fingerprint density at radius 1 is 0.833 bits per heavy atom. The Balaban J connectivity index is 1.74. The van der Waals surface area contributed by atoms with Gasteiger partial charge >= 0.3 is 0 Å². The van der Waals surface area contributed by atoms with Crippen molar-refractivity contribution in [1.82, 2.24) is 0 Å². The first-order valence-corrected chi connectivity index (χ1v) is 8.23. The molecule has 1 amide bonds. The minimum atomic E-state index is 0.0368. The van der Waals surface area contributed by atoms with E-state index in [0.29, 0.717) is 6.42 Å². The fraction of sp³-hybridized carbons (Fsp3) is 0.136. The van der Waals surface area contributed by atoms with E-state index in [1.165, 1.54) is 5.56 Å². The molecule has 0 radical (unpaired) electrons. The molecule has 1 N–H and O–H groups in total. The summed E-state index contributed by atoms with van der Waals surface area (Å²) in [7, 11) is 0. The van der Waals surface area contributed by atoms with Gasteiger partial charge in [-0.05, 0) is 23.1 Å². The average molecular weight is 315 g/mol. The van der Waals surface area contributed by atoms with E-state index in [1.54, 1.807) is 0 Å². The second-order valence-corrected chi connectivity index (χ2v) is 5.98. The molecule has 0 heterocycles. The lowest BCUT2D eigenvalue weighted by atomic mass is 9.97. The zero-order chi connectivity index (χ0) is 16.8. The van der Waals surface area contributed by atoms with E-state index in [0.717, 1.165) is 16.8 Å². The number of carbonyl (C=O) groups is 1. The Morgan fingerprint density at radius 3 is 2.12 bits per heavy atom. The maximum Gasteiger partial charge on any atom is 0.224 e. The summed E-state index contributed by atoms with van der Waals surface area (Å²) in [6.07, 6.45) is 0.465. The van der Waals surface area contributed by atoms with Crippen molar-refractivity contribution in [2.24, 2.45) is 0 Å². The first-order chi connectivity index (χ1) is 11.7. The van der Waals surface area contributed by atoms with Crippen LogP contribution in [0.1, 0.15) is 24.8 Å². The van der Waals surface area contributed by atoms with Crippen molar-refractivity contribution >= 4 is 11.6 Å². The highest BCUT2D eigenvalue weighted by atomic mass is 16.1. The second kappa shape index (κ2) is 7.60. The van der Waals surface area contributed by atoms with Crippen molar-refractivity contribution in [2.75, 3.05) is 5.32 Å². The standard InChI is InChI=1S/C22H21NO/c1-17(18-10-4-2-5-11-18)16-22(24)23-21-15-9-8-14-20(21)19-12-6-3-7-13-19/h2-15,17H,16H2,1H3,(H,23,24). The van der Waals surface area contributed by atoms with Crippen LogP contribution >= 0.6 is 0 Å². The Hall–Kier alpha value is -2.87. The maximum absolute atomic E-state index is 12.5. The number of hydrogen-bond donors (Lipinski definition) is 1. The summed E-state index contributed by atoms with van der Waals surface area (Å²) in [4.78, 5) is 12.5. The number of rotatable bonds is 5. The van der Waals surface area contributed by atoms with Crippen molar-refractivity contribution in [3.63, 3.8) is 0 Å². The molecule has 1 atom stereocenters. The monoisotopic (exact) mass is 315 g/mol. The third-order valence-corrected chi connectivity index (χ3v) is 4.15. The number of amides is 1. The third kappa shape index (κ3) is 3.90. The van der Waals surface area contributed by atoms with Gasteiger partial charge in [0.25, 0.3) is 0 Å². The summed E-state index contributed by atoms with van der Waals surface area (Å²) in [6.45, 7) is 2.08. The zero-order valence-electron chi connectivity index (χ0n) is 13.8. The van der Waals surface area contributed by atoms with Crippen molar-refractivity contribution in [3.8, 4) is 11.1 Å². The van der Waals surface area contributed by atoms with Gasteiger partial charge in [-0.3, -0.25) is 4.79 Å². The molecule has 0 fully saturated rings. The van der Waals surface area contributed by atoms with Crippen LogP contribution in [0, 0.1) is 0 Å². The summed E-state index contributed by atoms with van der Waals surface area (Å²) in [5.74, 6) is 0.227. The predicted octanol–water partition coefficient (Wildman–Crippen LogP) is 5.49. The summed E-state index contributed by atoms with van der Waals surface area (Å²) in [6, 6.07) is 28.2. The normalized spacial score (nSPS) is 11.7. The highest BCUT2D eigenvalue weighted by molar-refractivity contribution is 5.95. The molecular formula is C22H21NO. The van der Waals surface area contributed by atoms with Crippen molar-refractivity contribution in [1.29, 1.82) is 0 Å². The van der Waals surface area contributed by atoms with Gasteiger partial charge in [-0.1, -0.05) is 85.8 Å². The van der Waals surface area contributed by atoms with Crippen LogP contribution in [0.2, 0.25) is 0 Å². The number of para-hydroxylation sites is 1. The van der Waals surface area contributed by atoms with Crippen LogP contribution < -0.4 is 5.32 Å². The van der Waals surface area contributed by atoms with Gasteiger partial charge in [0.2, 0.25) is 5.91 Å². The molecule has 0 saturated carbocycles. The molecule has 1 unspecified atom stereocenters. The third-order valence-electron chi connectivity index (χ3n) is 4.15. The molecule has 24 heavy (non-hydrogen) atoms. The van der Waals surface area contributed by atoms with E-state index in [2.05, 4.69) is 36.5 Å². The highest BCUT2D eigenvalue weighted by Gasteiger charge is 2.13. The minimum absolute atomic E-state index is 0.0368. The molecular weight excluding hydrogens is 294 g/mol. The molecule has 0 aliphatic heterocycles. The molecule has 120 valence electrons. The Labute approximate surface area is 143 Å². The van der Waals surface area contributed by atoms with Gasteiger partial charge in [0.15, 0.2) is 0 Å². The van der Waals surface area contributed by atoms with Gasteiger partial charge in [0.05, 0.1) is 0 Å². The summed E-state index contributed by atoms with van der Waals surface area (Å²) in [5, 5.41) is 3.07. The SMILES string of the molecule is CC(CC(=O)Nc1ccccc1-c1ccccc1)c1ccccc1. The molecule has 2 nitrogen and oxygen atoms in total. The first kappa shape index (κ1) is 16.0. The van der Waals surface area contributed by atoms with E-state index in [9.17, 15) is 4.79 Å². The predicted molar refractivity (Wildman–Crippen MR) is 100.0 cm³/mol. The number of hydrogen-bond acceptors (Lipinski definition) is 1. The van der Waals surface area contributed by atoms with E-state index < -0.39 is 0 Å². The molecule has 3 rings (SSSR count). The van der Waals surface area contributed by atoms with Crippen molar-refractivity contribution in [3.05, 3.63) is 90.5 Å². The minimum Gasteiger partial charge on any atom is -0.325 e. The molecule has 2 heteroatoms. The lowest BCUT2D eigenvalue weighted by Crippen LogP contribution is -2.15. The molecule has 3 aromatic rings. The quantitative estimate of drug-likeness (QED) is 0.663. The van der Waals surface area contributed by atoms with Crippen LogP contribution in [0.3, 0.4) is 0 Å². The number of anilines is 1. The van der Waals surface area contributed by atoms with Gasteiger partial charge in [0, 0.05) is 17.7 Å². The van der Waals surface area contributed by atoms with Crippen molar-refractivity contribution < 1.29 is 4.79 Å². The van der Waals surface area contributed by atoms with Crippen LogP contribution in [0.4, 0.5) is 5.69 Å². The zero-order valence-corrected chi connectivity index (χ0v) is 13.8. The van der Waals surface area contributed by atoms with E-state index in [-0.39, 0.29) is 11.8 Å². The maximum atomic E-state index is 12.5. The van der Waals surface area contributed by atoms with Crippen LogP contribution in [-0.4, -0.2) is 5.91 Å². The first-order valence-electron chi connectivity index (χ1n) is 8.23. The van der Waals surface area contributed by atoms with E-state index in [4.69, 9.17) is 0 Å². The summed E-state index contributed by atoms with van der Waals surface area (Å²) >= 11 is 0. The van der Waals surface area contributed by atoms with Crippen LogP contribution in [0.15, 0.2) is 84.9 Å². The van der Waals surface area contributed by atoms with Crippen LogP contribution in [0.5, 0.6) is 0 Å². The Bertz CT molecular complexity index is 796. The van der Waals surface area contributed by atoms with Crippen LogP contribution in [0.25, 0.3) is 11.1 Å². The molecule has 0 spiro atoms. The smallest absolute Gasteiger partial charge is 0.224 e. The molecule has 0 aromatic heterocycles. The number of nitrogens with one attached hydrogen (secondary N) is 1. The van der Waals surface area contributed by atoms with Gasteiger partial charge in [-0.15, -0.1) is 0 Å². The summed E-state index contributed by atoms with van der Waals surface area (Å²) in [5.41, 5.74) is 4.18. The fourth-order valence-corrected chi connectivity index (χ4v) is 2.84. The van der Waals surface area contributed by atoms with Gasteiger partial charge in [0.1, 0.15) is 0 Å². The molecule has 3 aromatic carbocycles. The molecule has 0 bridgehead atoms. The Morgan fingerprint density at radius 2 is 1.42 bits per heavy atom. The lowest BCUT2D eigenvalue weighted by molar-refractivity contribution is -0.116. The van der Waals surface area contributed by atoms with Gasteiger partial charge in [-0.2, -0.15) is 0 Å². The Kier molecular flexibility index (Phi) is 5.07.